The summed E-state index contributed by atoms with van der Waals surface area (Å²) in [7, 11) is 1.90. The highest BCUT2D eigenvalue weighted by Crippen LogP contribution is 2.34. The van der Waals surface area contributed by atoms with Gasteiger partial charge in [0, 0.05) is 13.5 Å². The third kappa shape index (κ3) is 2.40. The van der Waals surface area contributed by atoms with Gasteiger partial charge >= 0.3 is 0 Å². The SMILES string of the molecule is Cn1ncnc1CC1CCCc2ccccc2C1O. The van der Waals surface area contributed by atoms with E-state index in [1.807, 2.05) is 13.1 Å². The summed E-state index contributed by atoms with van der Waals surface area (Å²) in [6, 6.07) is 8.24. The molecule has 0 fully saturated rings. The van der Waals surface area contributed by atoms with Gasteiger partial charge in [-0.1, -0.05) is 24.3 Å². The second-order valence-electron chi connectivity index (χ2n) is 5.30. The molecule has 4 heteroatoms. The fraction of sp³-hybridized carbons (Fsp3) is 0.467. The van der Waals surface area contributed by atoms with E-state index < -0.39 is 6.10 Å². The molecule has 1 aromatic heterocycles. The second-order valence-corrected chi connectivity index (χ2v) is 5.30. The molecule has 2 aromatic rings. The lowest BCUT2D eigenvalue weighted by Crippen LogP contribution is -2.17. The largest absolute Gasteiger partial charge is 0.388 e. The summed E-state index contributed by atoms with van der Waals surface area (Å²) >= 11 is 0. The van der Waals surface area contributed by atoms with Gasteiger partial charge in [0.25, 0.3) is 0 Å². The molecule has 100 valence electrons. The van der Waals surface area contributed by atoms with Crippen molar-refractivity contribution >= 4 is 0 Å². The molecule has 19 heavy (non-hydrogen) atoms. The summed E-state index contributed by atoms with van der Waals surface area (Å²) in [5, 5.41) is 14.7. The second kappa shape index (κ2) is 5.13. The van der Waals surface area contributed by atoms with Gasteiger partial charge in [0.2, 0.25) is 0 Å². The minimum absolute atomic E-state index is 0.228. The maximum absolute atomic E-state index is 10.6. The van der Waals surface area contributed by atoms with Gasteiger partial charge in [0.15, 0.2) is 0 Å². The molecule has 1 aliphatic rings. The van der Waals surface area contributed by atoms with Crippen LogP contribution in [0.1, 0.15) is 35.9 Å². The molecular formula is C15H19N3O. The van der Waals surface area contributed by atoms with Crippen LogP contribution in [0.3, 0.4) is 0 Å². The first-order valence-electron chi connectivity index (χ1n) is 6.84. The number of nitrogens with zero attached hydrogens (tertiary/aromatic N) is 3. The number of fused-ring (bicyclic) bond motifs is 1. The van der Waals surface area contributed by atoms with Gasteiger partial charge in [-0.3, -0.25) is 4.68 Å². The molecule has 0 aliphatic heterocycles. The molecule has 2 unspecified atom stereocenters. The molecule has 0 radical (unpaired) electrons. The maximum Gasteiger partial charge on any atom is 0.138 e. The molecular weight excluding hydrogens is 238 g/mol. The Morgan fingerprint density at radius 3 is 3.00 bits per heavy atom. The van der Waals surface area contributed by atoms with E-state index in [0.717, 1.165) is 37.1 Å². The number of hydrogen-bond acceptors (Lipinski definition) is 3. The zero-order chi connectivity index (χ0) is 13.2. The van der Waals surface area contributed by atoms with Crippen LogP contribution in [0.25, 0.3) is 0 Å². The van der Waals surface area contributed by atoms with Crippen LogP contribution in [0, 0.1) is 5.92 Å². The lowest BCUT2D eigenvalue weighted by Gasteiger charge is -2.21. The number of benzene rings is 1. The van der Waals surface area contributed by atoms with Gasteiger partial charge < -0.3 is 5.11 Å². The van der Waals surface area contributed by atoms with E-state index in [-0.39, 0.29) is 5.92 Å². The summed E-state index contributed by atoms with van der Waals surface area (Å²) in [6.45, 7) is 0. The van der Waals surface area contributed by atoms with Crippen LogP contribution >= 0.6 is 0 Å². The Labute approximate surface area is 113 Å². The monoisotopic (exact) mass is 257 g/mol. The number of aliphatic hydroxyl groups is 1. The summed E-state index contributed by atoms with van der Waals surface area (Å²) < 4.78 is 1.80. The highest BCUT2D eigenvalue weighted by Gasteiger charge is 2.27. The number of aliphatic hydroxyl groups excluding tert-OH is 1. The standard InChI is InChI=1S/C15H19N3O/c1-18-14(16-10-17-18)9-12-7-4-6-11-5-2-3-8-13(11)15(12)19/h2-3,5,8,10,12,15,19H,4,6-7,9H2,1H3. The zero-order valence-corrected chi connectivity index (χ0v) is 11.2. The Morgan fingerprint density at radius 2 is 2.21 bits per heavy atom. The fourth-order valence-corrected chi connectivity index (χ4v) is 2.97. The quantitative estimate of drug-likeness (QED) is 0.838. The van der Waals surface area contributed by atoms with Gasteiger partial charge in [-0.05, 0) is 36.3 Å². The first-order valence-corrected chi connectivity index (χ1v) is 6.84. The van der Waals surface area contributed by atoms with Crippen LogP contribution in [0.5, 0.6) is 0 Å². The maximum atomic E-state index is 10.6. The molecule has 1 aromatic carbocycles. The first kappa shape index (κ1) is 12.4. The van der Waals surface area contributed by atoms with Crippen LogP contribution in [-0.4, -0.2) is 19.9 Å². The summed E-state index contributed by atoms with van der Waals surface area (Å²) in [5.41, 5.74) is 2.38. The van der Waals surface area contributed by atoms with E-state index in [0.29, 0.717) is 0 Å². The molecule has 0 amide bonds. The third-order valence-corrected chi connectivity index (χ3v) is 4.09. The van der Waals surface area contributed by atoms with Crippen LogP contribution in [0.15, 0.2) is 30.6 Å². The lowest BCUT2D eigenvalue weighted by molar-refractivity contribution is 0.103. The van der Waals surface area contributed by atoms with Crippen molar-refractivity contribution in [2.75, 3.05) is 0 Å². The molecule has 3 rings (SSSR count). The minimum atomic E-state index is -0.393. The highest BCUT2D eigenvalue weighted by atomic mass is 16.3. The van der Waals surface area contributed by atoms with Gasteiger partial charge in [0.05, 0.1) is 6.10 Å². The average Bonchev–Trinajstić information content (AvgIpc) is 2.75. The van der Waals surface area contributed by atoms with Crippen molar-refractivity contribution in [1.29, 1.82) is 0 Å². The van der Waals surface area contributed by atoms with Gasteiger partial charge in [-0.25, -0.2) is 4.98 Å². The topological polar surface area (TPSA) is 50.9 Å². The van der Waals surface area contributed by atoms with Gasteiger partial charge in [0.1, 0.15) is 12.2 Å². The van der Waals surface area contributed by atoms with Crippen LogP contribution in [0.4, 0.5) is 0 Å². The van der Waals surface area contributed by atoms with E-state index >= 15 is 0 Å². The lowest BCUT2D eigenvalue weighted by atomic mass is 9.90. The van der Waals surface area contributed by atoms with Gasteiger partial charge in [-0.15, -0.1) is 0 Å². The van der Waals surface area contributed by atoms with Crippen molar-refractivity contribution < 1.29 is 5.11 Å². The van der Waals surface area contributed by atoms with Crippen molar-refractivity contribution in [3.63, 3.8) is 0 Å². The molecule has 1 heterocycles. The number of aromatic nitrogens is 3. The first-order chi connectivity index (χ1) is 9.25. The Hall–Kier alpha value is -1.68. The predicted octanol–water partition coefficient (Wildman–Crippen LogP) is 2.04. The number of aryl methyl sites for hydroxylation is 2. The van der Waals surface area contributed by atoms with Crippen LogP contribution in [0.2, 0.25) is 0 Å². The van der Waals surface area contributed by atoms with E-state index in [1.54, 1.807) is 11.0 Å². The molecule has 4 nitrogen and oxygen atoms in total. The predicted molar refractivity (Wildman–Crippen MR) is 72.5 cm³/mol. The summed E-state index contributed by atoms with van der Waals surface area (Å²) in [4.78, 5) is 4.27. The number of hydrogen-bond donors (Lipinski definition) is 1. The Bertz CT molecular complexity index is 564. The fourth-order valence-electron chi connectivity index (χ4n) is 2.97. The summed E-state index contributed by atoms with van der Waals surface area (Å²) in [5.74, 6) is 1.18. The minimum Gasteiger partial charge on any atom is -0.388 e. The zero-order valence-electron chi connectivity index (χ0n) is 11.2. The van der Waals surface area contributed by atoms with Crippen LogP contribution < -0.4 is 0 Å². The van der Waals surface area contributed by atoms with E-state index in [4.69, 9.17) is 0 Å². The molecule has 1 aliphatic carbocycles. The average molecular weight is 257 g/mol. The van der Waals surface area contributed by atoms with Crippen molar-refractivity contribution in [2.45, 2.75) is 31.8 Å². The molecule has 0 spiro atoms. The van der Waals surface area contributed by atoms with Crippen LogP contribution in [-0.2, 0) is 19.9 Å². The normalized spacial score (nSPS) is 22.8. The highest BCUT2D eigenvalue weighted by molar-refractivity contribution is 5.30. The molecule has 0 bridgehead atoms. The van der Waals surface area contributed by atoms with E-state index in [9.17, 15) is 5.11 Å². The van der Waals surface area contributed by atoms with Crippen molar-refractivity contribution in [3.05, 3.63) is 47.5 Å². The third-order valence-electron chi connectivity index (χ3n) is 4.09. The summed E-state index contributed by atoms with van der Waals surface area (Å²) in [6.07, 6.45) is 5.18. The smallest absolute Gasteiger partial charge is 0.138 e. The van der Waals surface area contributed by atoms with E-state index in [1.165, 1.54) is 5.56 Å². The Balaban J connectivity index is 1.86. The van der Waals surface area contributed by atoms with Gasteiger partial charge in [-0.2, -0.15) is 5.10 Å². The molecule has 1 N–H and O–H groups in total. The Kier molecular flexibility index (Phi) is 3.34. The molecule has 2 atom stereocenters. The van der Waals surface area contributed by atoms with Crippen molar-refractivity contribution in [2.24, 2.45) is 13.0 Å². The van der Waals surface area contributed by atoms with Crippen molar-refractivity contribution in [3.8, 4) is 0 Å². The molecule has 0 saturated heterocycles. The van der Waals surface area contributed by atoms with Crippen molar-refractivity contribution in [1.82, 2.24) is 14.8 Å². The Morgan fingerprint density at radius 1 is 1.37 bits per heavy atom. The number of rotatable bonds is 2. The van der Waals surface area contributed by atoms with E-state index in [2.05, 4.69) is 28.3 Å². The molecule has 0 saturated carbocycles.